The number of benzene rings is 1. The molecule has 2 rings (SSSR count). The summed E-state index contributed by atoms with van der Waals surface area (Å²) < 4.78 is 0. The number of carboxylic acids is 1. The quantitative estimate of drug-likeness (QED) is 0.618. The number of hydrogen-bond donors (Lipinski definition) is 4. The van der Waals surface area contributed by atoms with Crippen molar-refractivity contribution in [1.29, 1.82) is 0 Å². The SMILES string of the molecule is O=C(O)C(O)Cc1cc2cc(O)ccc2[nH]1. The molecule has 5 heteroatoms. The lowest BCUT2D eigenvalue weighted by molar-refractivity contribution is -0.146. The Balaban J connectivity index is 2.29. The summed E-state index contributed by atoms with van der Waals surface area (Å²) in [5.41, 5.74) is 1.42. The van der Waals surface area contributed by atoms with E-state index in [-0.39, 0.29) is 12.2 Å². The molecule has 4 N–H and O–H groups in total. The number of H-pyrrole nitrogens is 1. The van der Waals surface area contributed by atoms with E-state index >= 15 is 0 Å². The molecular formula is C11H11NO4. The van der Waals surface area contributed by atoms with Crippen molar-refractivity contribution in [1.82, 2.24) is 4.98 Å². The van der Waals surface area contributed by atoms with Gasteiger partial charge in [0.2, 0.25) is 0 Å². The average molecular weight is 221 g/mol. The Kier molecular flexibility index (Phi) is 2.54. The highest BCUT2D eigenvalue weighted by Gasteiger charge is 2.14. The number of rotatable bonds is 3. The van der Waals surface area contributed by atoms with Crippen LogP contribution in [0.4, 0.5) is 0 Å². The zero-order valence-corrected chi connectivity index (χ0v) is 8.34. The van der Waals surface area contributed by atoms with Gasteiger partial charge in [0.1, 0.15) is 5.75 Å². The fourth-order valence-corrected chi connectivity index (χ4v) is 1.59. The Morgan fingerprint density at radius 3 is 2.81 bits per heavy atom. The summed E-state index contributed by atoms with van der Waals surface area (Å²) in [6.45, 7) is 0. The van der Waals surface area contributed by atoms with Crippen molar-refractivity contribution in [2.75, 3.05) is 0 Å². The number of aromatic nitrogens is 1. The molecule has 0 radical (unpaired) electrons. The molecular weight excluding hydrogens is 210 g/mol. The van der Waals surface area contributed by atoms with Gasteiger partial charge in [-0.1, -0.05) is 0 Å². The summed E-state index contributed by atoms with van der Waals surface area (Å²) in [5.74, 6) is -1.10. The third kappa shape index (κ3) is 1.99. The van der Waals surface area contributed by atoms with E-state index < -0.39 is 12.1 Å². The van der Waals surface area contributed by atoms with Gasteiger partial charge < -0.3 is 20.3 Å². The van der Waals surface area contributed by atoms with Crippen LogP contribution in [0.15, 0.2) is 24.3 Å². The summed E-state index contributed by atoms with van der Waals surface area (Å²) in [4.78, 5) is 13.4. The van der Waals surface area contributed by atoms with Gasteiger partial charge in [0.05, 0.1) is 0 Å². The van der Waals surface area contributed by atoms with Gasteiger partial charge in [-0.3, -0.25) is 0 Å². The number of phenols is 1. The van der Waals surface area contributed by atoms with E-state index in [1.54, 1.807) is 18.2 Å². The number of aromatic amines is 1. The summed E-state index contributed by atoms with van der Waals surface area (Å²) in [6, 6.07) is 6.52. The molecule has 16 heavy (non-hydrogen) atoms. The van der Waals surface area contributed by atoms with Crippen LogP contribution in [0.2, 0.25) is 0 Å². The number of nitrogens with one attached hydrogen (secondary N) is 1. The number of carboxylic acid groups (broad SMARTS) is 1. The van der Waals surface area contributed by atoms with Crippen LogP contribution in [0.1, 0.15) is 5.69 Å². The van der Waals surface area contributed by atoms with Crippen LogP contribution < -0.4 is 0 Å². The summed E-state index contributed by atoms with van der Waals surface area (Å²) in [7, 11) is 0. The van der Waals surface area contributed by atoms with Gasteiger partial charge in [-0.2, -0.15) is 0 Å². The Hall–Kier alpha value is -2.01. The van der Waals surface area contributed by atoms with Crippen molar-refractivity contribution in [3.8, 4) is 5.75 Å². The second-order valence-electron chi connectivity index (χ2n) is 3.62. The molecule has 0 aliphatic rings. The number of aliphatic hydroxyl groups excluding tert-OH is 1. The standard InChI is InChI=1S/C11H11NO4/c13-8-1-2-9-6(4-8)3-7(12-9)5-10(14)11(15)16/h1-4,10,12-14H,5H2,(H,15,16). The second-order valence-corrected chi connectivity index (χ2v) is 3.62. The molecule has 0 bridgehead atoms. The van der Waals surface area contributed by atoms with Gasteiger partial charge in [-0.25, -0.2) is 4.79 Å². The van der Waals surface area contributed by atoms with Crippen molar-refractivity contribution in [3.63, 3.8) is 0 Å². The van der Waals surface area contributed by atoms with Crippen LogP contribution in [-0.4, -0.2) is 32.4 Å². The normalized spacial score (nSPS) is 12.8. The Morgan fingerprint density at radius 2 is 2.12 bits per heavy atom. The Bertz CT molecular complexity index is 532. The largest absolute Gasteiger partial charge is 0.508 e. The van der Waals surface area contributed by atoms with E-state index in [0.717, 1.165) is 10.9 Å². The lowest BCUT2D eigenvalue weighted by Crippen LogP contribution is -2.22. The molecule has 1 aromatic heterocycles. The lowest BCUT2D eigenvalue weighted by atomic mass is 10.2. The van der Waals surface area contributed by atoms with Crippen molar-refractivity contribution in [3.05, 3.63) is 30.0 Å². The van der Waals surface area contributed by atoms with Gasteiger partial charge >= 0.3 is 5.97 Å². The summed E-state index contributed by atoms with van der Waals surface area (Å²) in [6.07, 6.45) is -1.40. The fraction of sp³-hybridized carbons (Fsp3) is 0.182. The molecule has 1 atom stereocenters. The maximum atomic E-state index is 10.5. The van der Waals surface area contributed by atoms with E-state index in [2.05, 4.69) is 4.98 Å². The molecule has 1 heterocycles. The van der Waals surface area contributed by atoms with Crippen LogP contribution in [-0.2, 0) is 11.2 Å². The van der Waals surface area contributed by atoms with E-state index in [9.17, 15) is 15.0 Å². The van der Waals surface area contributed by atoms with Crippen molar-refractivity contribution in [2.45, 2.75) is 12.5 Å². The fourth-order valence-electron chi connectivity index (χ4n) is 1.59. The number of aromatic hydroxyl groups is 1. The van der Waals surface area contributed by atoms with Crippen LogP contribution >= 0.6 is 0 Å². The third-order valence-electron chi connectivity index (χ3n) is 2.36. The molecule has 1 aromatic carbocycles. The maximum Gasteiger partial charge on any atom is 0.332 e. The minimum Gasteiger partial charge on any atom is -0.508 e. The van der Waals surface area contributed by atoms with Gasteiger partial charge in [0.25, 0.3) is 0 Å². The molecule has 0 fully saturated rings. The van der Waals surface area contributed by atoms with Crippen LogP contribution in [0, 0.1) is 0 Å². The molecule has 0 saturated heterocycles. The highest BCUT2D eigenvalue weighted by atomic mass is 16.4. The molecule has 5 nitrogen and oxygen atoms in total. The molecule has 0 spiro atoms. The molecule has 2 aromatic rings. The predicted octanol–water partition coefficient (Wildman–Crippen LogP) is 0.861. The number of hydrogen-bond acceptors (Lipinski definition) is 3. The molecule has 0 aliphatic carbocycles. The first-order valence-electron chi connectivity index (χ1n) is 4.78. The highest BCUT2D eigenvalue weighted by molar-refractivity contribution is 5.82. The summed E-state index contributed by atoms with van der Waals surface area (Å²) >= 11 is 0. The Labute approximate surface area is 91.0 Å². The van der Waals surface area contributed by atoms with Crippen LogP contribution in [0.25, 0.3) is 10.9 Å². The van der Waals surface area contributed by atoms with Crippen molar-refractivity contribution < 1.29 is 20.1 Å². The average Bonchev–Trinajstić information content (AvgIpc) is 2.58. The zero-order valence-electron chi connectivity index (χ0n) is 8.34. The minimum atomic E-state index is -1.42. The molecule has 0 saturated carbocycles. The molecule has 0 aliphatic heterocycles. The monoisotopic (exact) mass is 221 g/mol. The molecule has 0 amide bonds. The lowest BCUT2D eigenvalue weighted by Gasteiger charge is -2.01. The molecule has 1 unspecified atom stereocenters. The van der Waals surface area contributed by atoms with E-state index in [0.29, 0.717) is 5.69 Å². The van der Waals surface area contributed by atoms with Gasteiger partial charge in [-0.05, 0) is 24.3 Å². The smallest absolute Gasteiger partial charge is 0.332 e. The number of aliphatic carboxylic acids is 1. The molecule has 84 valence electrons. The predicted molar refractivity (Wildman–Crippen MR) is 57.3 cm³/mol. The minimum absolute atomic E-state index is 0.0186. The zero-order chi connectivity index (χ0) is 11.7. The van der Waals surface area contributed by atoms with Gasteiger partial charge in [-0.15, -0.1) is 0 Å². The highest BCUT2D eigenvalue weighted by Crippen LogP contribution is 2.21. The second kappa shape index (κ2) is 3.86. The van der Waals surface area contributed by atoms with Gasteiger partial charge in [0, 0.05) is 23.0 Å². The Morgan fingerprint density at radius 1 is 1.38 bits per heavy atom. The topological polar surface area (TPSA) is 93.6 Å². The van der Waals surface area contributed by atoms with E-state index in [1.807, 2.05) is 0 Å². The first-order valence-corrected chi connectivity index (χ1v) is 4.78. The summed E-state index contributed by atoms with van der Waals surface area (Å²) in [5, 5.41) is 27.8. The van der Waals surface area contributed by atoms with Crippen molar-refractivity contribution >= 4 is 16.9 Å². The van der Waals surface area contributed by atoms with Crippen LogP contribution in [0.5, 0.6) is 5.75 Å². The van der Waals surface area contributed by atoms with E-state index in [1.165, 1.54) is 6.07 Å². The first-order chi connectivity index (χ1) is 7.56. The maximum absolute atomic E-state index is 10.5. The van der Waals surface area contributed by atoms with Gasteiger partial charge in [0.15, 0.2) is 6.10 Å². The van der Waals surface area contributed by atoms with Crippen molar-refractivity contribution in [2.24, 2.45) is 0 Å². The first kappa shape index (κ1) is 10.5. The van der Waals surface area contributed by atoms with Crippen LogP contribution in [0.3, 0.4) is 0 Å². The number of carbonyl (C=O) groups is 1. The van der Waals surface area contributed by atoms with E-state index in [4.69, 9.17) is 5.11 Å². The number of phenolic OH excluding ortho intramolecular Hbond substituents is 1. The third-order valence-corrected chi connectivity index (χ3v) is 2.36. The number of fused-ring (bicyclic) bond motifs is 1. The number of aliphatic hydroxyl groups is 1.